The fourth-order valence-corrected chi connectivity index (χ4v) is 6.67. The van der Waals surface area contributed by atoms with Gasteiger partial charge in [-0.2, -0.15) is 15.5 Å². The van der Waals surface area contributed by atoms with E-state index in [9.17, 15) is 5.26 Å². The van der Waals surface area contributed by atoms with Crippen LogP contribution in [0.1, 0.15) is 69.6 Å². The van der Waals surface area contributed by atoms with Gasteiger partial charge in [0.05, 0.1) is 41.0 Å². The molecule has 4 aromatic carbocycles. The van der Waals surface area contributed by atoms with Gasteiger partial charge in [0.15, 0.2) is 5.69 Å². The zero-order valence-electron chi connectivity index (χ0n) is 27.6. The fraction of sp³-hybridized carbons (Fsp3) is 0.220. The highest BCUT2D eigenvalue weighted by atomic mass is 15.3. The summed E-state index contributed by atoms with van der Waals surface area (Å²) in [5, 5.41) is 20.9. The lowest BCUT2D eigenvalue weighted by molar-refractivity contribution is 0.287. The molecule has 0 atom stereocenters. The molecule has 47 heavy (non-hydrogen) atoms. The maximum absolute atomic E-state index is 10.2. The first-order valence-corrected chi connectivity index (χ1v) is 15.8. The van der Waals surface area contributed by atoms with Gasteiger partial charge >= 0.3 is 0 Å². The van der Waals surface area contributed by atoms with Crippen LogP contribution in [0.25, 0.3) is 38.5 Å². The van der Waals surface area contributed by atoms with Crippen molar-refractivity contribution in [3.8, 4) is 39.7 Å². The maximum atomic E-state index is 10.2. The number of aromatic nitrogens is 4. The second kappa shape index (κ2) is 10.7. The monoisotopic (exact) mass is 612 g/mol. The molecule has 2 aromatic heterocycles. The van der Waals surface area contributed by atoms with Crippen LogP contribution in [-0.2, 0) is 16.2 Å². The fourth-order valence-electron chi connectivity index (χ4n) is 6.67. The summed E-state index contributed by atoms with van der Waals surface area (Å²) in [5.74, 6) is 0. The van der Waals surface area contributed by atoms with Crippen molar-refractivity contribution in [1.82, 2.24) is 19.6 Å². The van der Waals surface area contributed by atoms with Gasteiger partial charge in [0, 0.05) is 39.8 Å². The largest absolute Gasteiger partial charge is 0.241 e. The molecule has 0 saturated heterocycles. The second-order valence-corrected chi connectivity index (χ2v) is 14.0. The summed E-state index contributed by atoms with van der Waals surface area (Å²) in [6, 6.07) is 35.1. The smallest absolute Gasteiger partial charge is 0.189 e. The number of benzene rings is 4. The van der Waals surface area contributed by atoms with E-state index in [1.54, 1.807) is 0 Å². The van der Waals surface area contributed by atoms with Crippen molar-refractivity contribution in [1.29, 1.82) is 5.26 Å². The van der Waals surface area contributed by atoms with Gasteiger partial charge in [-0.25, -0.2) is 14.2 Å². The Morgan fingerprint density at radius 3 is 1.57 bits per heavy atom. The lowest BCUT2D eigenvalue weighted by Gasteiger charge is -2.40. The summed E-state index contributed by atoms with van der Waals surface area (Å²) in [6.45, 7) is 21.2. The molecule has 3 heterocycles. The van der Waals surface area contributed by atoms with E-state index < -0.39 is 16.2 Å². The Hall–Kier alpha value is -5.72. The average molecular weight is 613 g/mol. The van der Waals surface area contributed by atoms with Crippen LogP contribution in [0, 0.1) is 17.9 Å². The van der Waals surface area contributed by atoms with E-state index >= 15 is 0 Å². The molecule has 6 nitrogen and oxygen atoms in total. The van der Waals surface area contributed by atoms with E-state index in [1.165, 1.54) is 0 Å². The van der Waals surface area contributed by atoms with Crippen molar-refractivity contribution < 1.29 is 0 Å². The molecule has 7 rings (SSSR count). The summed E-state index contributed by atoms with van der Waals surface area (Å²) in [4.78, 5) is 3.87. The predicted octanol–water partition coefficient (Wildman–Crippen LogP) is 9.71. The van der Waals surface area contributed by atoms with Gasteiger partial charge < -0.3 is 0 Å². The third kappa shape index (κ3) is 4.77. The molecule has 0 amide bonds. The highest BCUT2D eigenvalue weighted by Gasteiger charge is 2.46. The van der Waals surface area contributed by atoms with Gasteiger partial charge in [-0.05, 0) is 52.6 Å². The van der Waals surface area contributed by atoms with Crippen molar-refractivity contribution in [3.05, 3.63) is 149 Å². The Kier molecular flexibility index (Phi) is 6.81. The van der Waals surface area contributed by atoms with E-state index in [0.29, 0.717) is 11.3 Å². The first kappa shape index (κ1) is 30.0. The predicted molar refractivity (Wildman–Crippen MR) is 187 cm³/mol. The third-order valence-electron chi connectivity index (χ3n) is 10.4. The first-order valence-electron chi connectivity index (χ1n) is 15.8. The van der Waals surface area contributed by atoms with Gasteiger partial charge in [0.1, 0.15) is 0 Å². The Balaban J connectivity index is 1.62. The minimum Gasteiger partial charge on any atom is -0.241 e. The minimum absolute atomic E-state index is 0.522. The lowest BCUT2D eigenvalue weighted by atomic mass is 9.62. The molecule has 0 fully saturated rings. The summed E-state index contributed by atoms with van der Waals surface area (Å²) >= 11 is 0. The number of hydrogen-bond acceptors (Lipinski definition) is 3. The third-order valence-corrected chi connectivity index (χ3v) is 10.4. The summed E-state index contributed by atoms with van der Waals surface area (Å²) < 4.78 is 3.85. The van der Waals surface area contributed by atoms with Gasteiger partial charge in [-0.15, -0.1) is 0 Å². The quantitative estimate of drug-likeness (QED) is 0.183. The van der Waals surface area contributed by atoms with Gasteiger partial charge in [-0.3, -0.25) is 0 Å². The van der Waals surface area contributed by atoms with E-state index in [4.69, 9.17) is 16.8 Å². The molecule has 6 aromatic rings. The number of rotatable bonds is 2. The highest BCUT2D eigenvalue weighted by Crippen LogP contribution is 2.49. The van der Waals surface area contributed by atoms with E-state index in [2.05, 4.69) is 126 Å². The first-order chi connectivity index (χ1) is 22.4. The standard InChI is InChI=1S/C41H36N6/c1-39(2)30-18-27(24-42)19-33(21-30)46-25-35(28-14-10-8-11-15-28)37(44-46)40(3,4)41(5,6)38-36(29-16-12-9-13-17-29)26-47(45-38)34-22-31(39)20-32(23-34)43-7/h8-23,25-26H,1-6H3. The lowest BCUT2D eigenvalue weighted by Crippen LogP contribution is -2.42. The van der Waals surface area contributed by atoms with Crippen LogP contribution < -0.4 is 0 Å². The Morgan fingerprint density at radius 1 is 0.638 bits per heavy atom. The molecule has 8 bridgehead atoms. The van der Waals surface area contributed by atoms with Crippen LogP contribution in [0.4, 0.5) is 5.69 Å². The molecule has 0 N–H and O–H groups in total. The molecule has 230 valence electrons. The number of nitriles is 1. The van der Waals surface area contributed by atoms with Crippen molar-refractivity contribution in [2.24, 2.45) is 0 Å². The zero-order chi connectivity index (χ0) is 33.1. The zero-order valence-corrected chi connectivity index (χ0v) is 27.6. The van der Waals surface area contributed by atoms with Crippen molar-refractivity contribution >= 4 is 5.69 Å². The van der Waals surface area contributed by atoms with Crippen LogP contribution >= 0.6 is 0 Å². The Labute approximate surface area is 276 Å². The SMILES string of the molecule is [C-]#[N+]c1cc2cc(c1)C(C)(C)c1cc(C#N)cc(c1)-n1cc(-c3ccccc3)c(n1)C(C)(C)C(C)(C)c1nn-2cc1-c1ccccc1. The normalized spacial score (nSPS) is 15.5. The summed E-state index contributed by atoms with van der Waals surface area (Å²) in [5.41, 5.74) is 9.15. The highest BCUT2D eigenvalue weighted by molar-refractivity contribution is 5.71. The van der Waals surface area contributed by atoms with E-state index in [1.807, 2.05) is 45.8 Å². The molecule has 0 radical (unpaired) electrons. The topological polar surface area (TPSA) is 63.8 Å². The van der Waals surface area contributed by atoms with Gasteiger partial charge in [-0.1, -0.05) is 108 Å². The second-order valence-electron chi connectivity index (χ2n) is 14.0. The molecular formula is C41H36N6. The Bertz CT molecular complexity index is 2080. The summed E-state index contributed by atoms with van der Waals surface area (Å²) in [6.07, 6.45) is 4.19. The molecule has 0 saturated carbocycles. The van der Waals surface area contributed by atoms with Crippen LogP contribution in [0.2, 0.25) is 0 Å². The molecule has 1 aliphatic rings. The molecule has 6 heteroatoms. The van der Waals surface area contributed by atoms with Gasteiger partial charge in [0.2, 0.25) is 0 Å². The maximum Gasteiger partial charge on any atom is 0.189 e. The van der Waals surface area contributed by atoms with Crippen molar-refractivity contribution in [2.75, 3.05) is 0 Å². The minimum atomic E-state index is -0.549. The molecule has 0 unspecified atom stereocenters. The number of fused-ring (bicyclic) bond motifs is 10. The van der Waals surface area contributed by atoms with Gasteiger partial charge in [0.25, 0.3) is 0 Å². The van der Waals surface area contributed by atoms with Crippen LogP contribution in [0.3, 0.4) is 0 Å². The van der Waals surface area contributed by atoms with Crippen LogP contribution in [0.5, 0.6) is 0 Å². The van der Waals surface area contributed by atoms with Crippen molar-refractivity contribution in [2.45, 2.75) is 57.8 Å². The van der Waals surface area contributed by atoms with Crippen LogP contribution in [-0.4, -0.2) is 19.6 Å². The number of hydrogen-bond donors (Lipinski definition) is 0. The molecular weight excluding hydrogens is 576 g/mol. The van der Waals surface area contributed by atoms with Crippen molar-refractivity contribution in [3.63, 3.8) is 0 Å². The Morgan fingerprint density at radius 2 is 1.11 bits per heavy atom. The molecule has 0 spiro atoms. The number of nitrogens with zero attached hydrogens (tertiary/aromatic N) is 6. The molecule has 0 aliphatic carbocycles. The average Bonchev–Trinajstić information content (AvgIpc) is 3.75. The van der Waals surface area contributed by atoms with E-state index in [-0.39, 0.29) is 0 Å². The van der Waals surface area contributed by atoms with E-state index in [0.717, 1.165) is 56.1 Å². The van der Waals surface area contributed by atoms with Crippen LogP contribution in [0.15, 0.2) is 109 Å². The summed E-state index contributed by atoms with van der Waals surface area (Å²) in [7, 11) is 0. The molecule has 1 aliphatic heterocycles.